The minimum atomic E-state index is 0.171. The maximum absolute atomic E-state index is 10.2. The van der Waals surface area contributed by atoms with Gasteiger partial charge >= 0.3 is 0 Å². The van der Waals surface area contributed by atoms with Gasteiger partial charge in [-0.3, -0.25) is 0 Å². The quantitative estimate of drug-likeness (QED) is 0.758. The Balaban J connectivity index is 1.96. The molecular weight excluding hydrogens is 278 g/mol. The second-order valence-electron chi connectivity index (χ2n) is 5.61. The Labute approximate surface area is 129 Å². The molecule has 0 aliphatic carbocycles. The van der Waals surface area contributed by atoms with Crippen LogP contribution in [0.2, 0.25) is 0 Å². The van der Waals surface area contributed by atoms with Crippen LogP contribution in [-0.4, -0.2) is 14.8 Å². The fourth-order valence-electron chi connectivity index (χ4n) is 2.65. The molecule has 1 heterocycles. The van der Waals surface area contributed by atoms with Crippen molar-refractivity contribution in [3.05, 3.63) is 54.2 Å². The lowest BCUT2D eigenvalue weighted by atomic mass is 10.1. The lowest BCUT2D eigenvalue weighted by Gasteiger charge is -2.08. The normalized spacial score (nSPS) is 11.2. The number of hydrogen-bond donors (Lipinski definition) is 2. The van der Waals surface area contributed by atoms with Crippen molar-refractivity contribution < 1.29 is 14.9 Å². The average Bonchev–Trinajstić information content (AvgIpc) is 2.86. The van der Waals surface area contributed by atoms with Crippen LogP contribution >= 0.6 is 0 Å². The van der Waals surface area contributed by atoms with Gasteiger partial charge in [-0.25, -0.2) is 0 Å². The summed E-state index contributed by atoms with van der Waals surface area (Å²) in [5.41, 5.74) is 1.91. The molecule has 0 fully saturated rings. The van der Waals surface area contributed by atoms with Crippen molar-refractivity contribution in [1.29, 1.82) is 0 Å². The highest BCUT2D eigenvalue weighted by molar-refractivity contribution is 5.89. The number of aromatic nitrogens is 1. The molecule has 0 atom stereocenters. The van der Waals surface area contributed by atoms with Crippen LogP contribution in [-0.2, 0) is 6.61 Å². The number of phenols is 2. The summed E-state index contributed by atoms with van der Waals surface area (Å²) in [6.07, 6.45) is 2.01. The van der Waals surface area contributed by atoms with Gasteiger partial charge in [-0.1, -0.05) is 12.1 Å². The van der Waals surface area contributed by atoms with Gasteiger partial charge in [0.2, 0.25) is 0 Å². The number of fused-ring (bicyclic) bond motifs is 1. The second kappa shape index (κ2) is 5.64. The van der Waals surface area contributed by atoms with E-state index in [-0.39, 0.29) is 11.5 Å². The molecule has 3 aromatic rings. The Morgan fingerprint density at radius 1 is 1.09 bits per heavy atom. The number of ether oxygens (including phenoxy) is 1. The zero-order chi connectivity index (χ0) is 15.7. The zero-order valence-electron chi connectivity index (χ0n) is 12.7. The third-order valence-corrected chi connectivity index (χ3v) is 3.68. The van der Waals surface area contributed by atoms with Crippen LogP contribution in [0.15, 0.2) is 48.7 Å². The van der Waals surface area contributed by atoms with E-state index >= 15 is 0 Å². The first-order valence-electron chi connectivity index (χ1n) is 7.29. The molecule has 0 unspecified atom stereocenters. The molecule has 0 aliphatic rings. The van der Waals surface area contributed by atoms with Crippen molar-refractivity contribution >= 4 is 10.9 Å². The Morgan fingerprint density at radius 2 is 1.86 bits per heavy atom. The highest BCUT2D eigenvalue weighted by Crippen LogP contribution is 2.32. The molecule has 2 N–H and O–H groups in total. The summed E-state index contributed by atoms with van der Waals surface area (Å²) in [5, 5.41) is 20.5. The van der Waals surface area contributed by atoms with E-state index in [1.807, 2.05) is 18.3 Å². The fourth-order valence-corrected chi connectivity index (χ4v) is 2.65. The second-order valence-corrected chi connectivity index (χ2v) is 5.61. The molecule has 0 radical (unpaired) electrons. The number of aromatic hydroxyl groups is 2. The summed E-state index contributed by atoms with van der Waals surface area (Å²) in [4.78, 5) is 0. The van der Waals surface area contributed by atoms with Crippen LogP contribution in [0.5, 0.6) is 17.2 Å². The van der Waals surface area contributed by atoms with Gasteiger partial charge in [-0.2, -0.15) is 0 Å². The molecule has 0 bridgehead atoms. The van der Waals surface area contributed by atoms with Crippen LogP contribution in [0.1, 0.15) is 25.5 Å². The Morgan fingerprint density at radius 3 is 2.59 bits per heavy atom. The van der Waals surface area contributed by atoms with Gasteiger partial charge in [0, 0.05) is 29.3 Å². The zero-order valence-corrected chi connectivity index (χ0v) is 12.7. The third kappa shape index (κ3) is 2.60. The molecule has 0 saturated carbocycles. The van der Waals surface area contributed by atoms with E-state index < -0.39 is 0 Å². The van der Waals surface area contributed by atoms with Gasteiger partial charge in [0.15, 0.2) is 0 Å². The van der Waals surface area contributed by atoms with Crippen LogP contribution in [0.4, 0.5) is 0 Å². The summed E-state index contributed by atoms with van der Waals surface area (Å²) < 4.78 is 7.87. The Bertz CT molecular complexity index is 805. The predicted molar refractivity (Wildman–Crippen MR) is 86.4 cm³/mol. The summed E-state index contributed by atoms with van der Waals surface area (Å²) in [7, 11) is 0. The van der Waals surface area contributed by atoms with Gasteiger partial charge in [0.25, 0.3) is 0 Å². The van der Waals surface area contributed by atoms with E-state index in [1.54, 1.807) is 30.3 Å². The number of hydrogen-bond acceptors (Lipinski definition) is 3. The molecule has 4 heteroatoms. The minimum Gasteiger partial charge on any atom is -0.508 e. The van der Waals surface area contributed by atoms with E-state index in [9.17, 15) is 10.2 Å². The SMILES string of the molecule is CC(C)n1cc(COc2cccc(O)c2)c2c(O)cccc21. The molecule has 4 nitrogen and oxygen atoms in total. The van der Waals surface area contributed by atoms with E-state index in [0.717, 1.165) is 16.5 Å². The molecule has 1 aromatic heterocycles. The molecule has 0 amide bonds. The predicted octanol–water partition coefficient (Wildman–Crippen LogP) is 4.21. The maximum Gasteiger partial charge on any atom is 0.125 e. The van der Waals surface area contributed by atoms with Gasteiger partial charge in [0.1, 0.15) is 23.9 Å². The highest BCUT2D eigenvalue weighted by Gasteiger charge is 2.14. The summed E-state index contributed by atoms with van der Waals surface area (Å²) in [6.45, 7) is 4.53. The first-order valence-corrected chi connectivity index (χ1v) is 7.29. The van der Waals surface area contributed by atoms with Crippen molar-refractivity contribution in [3.63, 3.8) is 0 Å². The van der Waals surface area contributed by atoms with Gasteiger partial charge in [0.05, 0.1) is 5.52 Å². The molecule has 3 rings (SSSR count). The third-order valence-electron chi connectivity index (χ3n) is 3.68. The number of rotatable bonds is 4. The largest absolute Gasteiger partial charge is 0.508 e. The topological polar surface area (TPSA) is 54.6 Å². The summed E-state index contributed by atoms with van der Waals surface area (Å²) in [6, 6.07) is 12.5. The Hall–Kier alpha value is -2.62. The smallest absolute Gasteiger partial charge is 0.125 e. The van der Waals surface area contributed by atoms with Gasteiger partial charge in [-0.15, -0.1) is 0 Å². The standard InChI is InChI=1S/C18H19NO3/c1-12(2)19-10-13(18-16(19)7-4-8-17(18)21)11-22-15-6-3-5-14(20)9-15/h3-10,12,20-21H,11H2,1-2H3. The molecule has 0 spiro atoms. The first-order chi connectivity index (χ1) is 10.6. The van der Waals surface area contributed by atoms with E-state index in [4.69, 9.17) is 4.74 Å². The highest BCUT2D eigenvalue weighted by atomic mass is 16.5. The van der Waals surface area contributed by atoms with Crippen LogP contribution in [0.3, 0.4) is 0 Å². The molecule has 0 aliphatic heterocycles. The lowest BCUT2D eigenvalue weighted by Crippen LogP contribution is -1.98. The summed E-state index contributed by atoms with van der Waals surface area (Å²) >= 11 is 0. The first kappa shape index (κ1) is 14.3. The fraction of sp³-hybridized carbons (Fsp3) is 0.222. The van der Waals surface area contributed by atoms with Crippen molar-refractivity contribution in [2.24, 2.45) is 0 Å². The van der Waals surface area contributed by atoms with Crippen LogP contribution < -0.4 is 4.74 Å². The molecular formula is C18H19NO3. The number of nitrogens with zero attached hydrogens (tertiary/aromatic N) is 1. The van der Waals surface area contributed by atoms with Crippen molar-refractivity contribution in [3.8, 4) is 17.2 Å². The molecule has 22 heavy (non-hydrogen) atoms. The Kier molecular flexibility index (Phi) is 3.67. The van der Waals surface area contributed by atoms with E-state index in [0.29, 0.717) is 18.4 Å². The number of phenolic OH excluding ortho intramolecular Hbond substituents is 2. The van der Waals surface area contributed by atoms with E-state index in [1.165, 1.54) is 0 Å². The summed E-state index contributed by atoms with van der Waals surface area (Å²) in [5.74, 6) is 1.03. The lowest BCUT2D eigenvalue weighted by molar-refractivity contribution is 0.305. The maximum atomic E-state index is 10.2. The van der Waals surface area contributed by atoms with Crippen molar-refractivity contribution in [2.75, 3.05) is 0 Å². The average molecular weight is 297 g/mol. The molecule has 114 valence electrons. The molecule has 0 saturated heterocycles. The minimum absolute atomic E-state index is 0.171. The molecule has 2 aromatic carbocycles. The van der Waals surface area contributed by atoms with E-state index in [2.05, 4.69) is 18.4 Å². The van der Waals surface area contributed by atoms with Crippen LogP contribution in [0, 0.1) is 0 Å². The van der Waals surface area contributed by atoms with Crippen LogP contribution in [0.25, 0.3) is 10.9 Å². The number of benzene rings is 2. The van der Waals surface area contributed by atoms with Crippen molar-refractivity contribution in [1.82, 2.24) is 4.57 Å². The van der Waals surface area contributed by atoms with Gasteiger partial charge in [-0.05, 0) is 38.1 Å². The van der Waals surface area contributed by atoms with Gasteiger partial charge < -0.3 is 19.5 Å². The van der Waals surface area contributed by atoms with Crippen molar-refractivity contribution in [2.45, 2.75) is 26.5 Å². The monoisotopic (exact) mass is 297 g/mol.